The predicted octanol–water partition coefficient (Wildman–Crippen LogP) is 1.17. The number of hydrogen-bond acceptors (Lipinski definition) is 4. The maximum Gasteiger partial charge on any atom is 0.270 e. The minimum Gasteiger partial charge on any atom is -0.496 e. The van der Waals surface area contributed by atoms with Crippen molar-refractivity contribution < 1.29 is 14.3 Å². The number of rotatable bonds is 3. The summed E-state index contributed by atoms with van der Waals surface area (Å²) in [6.07, 6.45) is 2.22. The second kappa shape index (κ2) is 6.21. The zero-order valence-corrected chi connectivity index (χ0v) is 14.4. The van der Waals surface area contributed by atoms with Crippen LogP contribution in [0.25, 0.3) is 10.9 Å². The lowest BCUT2D eigenvalue weighted by atomic mass is 10.2. The Morgan fingerprint density at radius 1 is 1.27 bits per heavy atom. The third kappa shape index (κ3) is 2.69. The number of nitrogens with zero attached hydrogens (tertiary/aromatic N) is 3. The topological polar surface area (TPSA) is 106 Å². The van der Waals surface area contributed by atoms with Gasteiger partial charge >= 0.3 is 0 Å². The first-order chi connectivity index (χ1) is 12.6. The lowest BCUT2D eigenvalue weighted by Gasteiger charge is -2.19. The molecule has 0 saturated carbocycles. The van der Waals surface area contributed by atoms with E-state index >= 15 is 0 Å². The number of hydrogen-bond donors (Lipinski definition) is 2. The van der Waals surface area contributed by atoms with Gasteiger partial charge in [0.1, 0.15) is 23.0 Å². The fourth-order valence-electron chi connectivity index (χ4n) is 3.34. The number of ether oxygens (including phenoxy) is 1. The second-order valence-corrected chi connectivity index (χ2v) is 6.25. The summed E-state index contributed by atoms with van der Waals surface area (Å²) in [6, 6.07) is 7.49. The van der Waals surface area contributed by atoms with Gasteiger partial charge in [0.2, 0.25) is 0 Å². The first-order valence-corrected chi connectivity index (χ1v) is 8.37. The Morgan fingerprint density at radius 2 is 2.12 bits per heavy atom. The second-order valence-electron chi connectivity index (χ2n) is 6.25. The van der Waals surface area contributed by atoms with Crippen molar-refractivity contribution in [3.05, 3.63) is 47.7 Å². The van der Waals surface area contributed by atoms with Crippen LogP contribution in [0.2, 0.25) is 0 Å². The van der Waals surface area contributed by atoms with Crippen molar-refractivity contribution in [2.45, 2.75) is 13.0 Å². The number of aromatic amines is 1. The van der Waals surface area contributed by atoms with Gasteiger partial charge in [0, 0.05) is 43.2 Å². The fraction of sp³-hybridized carbons (Fsp3) is 0.278. The zero-order chi connectivity index (χ0) is 18.3. The lowest BCUT2D eigenvalue weighted by Crippen LogP contribution is -2.33. The Kier molecular flexibility index (Phi) is 3.87. The molecular formula is C18H19N5O3. The van der Waals surface area contributed by atoms with Crippen LogP contribution >= 0.6 is 0 Å². The summed E-state index contributed by atoms with van der Waals surface area (Å²) in [5.74, 6) is 0.898. The molecule has 8 nitrogen and oxygen atoms in total. The summed E-state index contributed by atoms with van der Waals surface area (Å²) in [7, 11) is 1.61. The molecule has 134 valence electrons. The van der Waals surface area contributed by atoms with E-state index in [0.717, 1.165) is 22.5 Å². The van der Waals surface area contributed by atoms with Crippen molar-refractivity contribution in [2.24, 2.45) is 5.73 Å². The zero-order valence-electron chi connectivity index (χ0n) is 14.4. The number of aromatic nitrogens is 3. The first-order valence-electron chi connectivity index (χ1n) is 8.37. The van der Waals surface area contributed by atoms with Crippen LogP contribution in [0.3, 0.4) is 0 Å². The number of nitrogens with one attached hydrogen (secondary N) is 1. The van der Waals surface area contributed by atoms with Crippen LogP contribution in [-0.4, -0.2) is 51.4 Å². The molecule has 8 heteroatoms. The van der Waals surface area contributed by atoms with Gasteiger partial charge in [-0.3, -0.25) is 9.59 Å². The van der Waals surface area contributed by atoms with Gasteiger partial charge in [0.15, 0.2) is 0 Å². The number of fused-ring (bicyclic) bond motifs is 2. The molecule has 0 bridgehead atoms. The fourth-order valence-corrected chi connectivity index (χ4v) is 3.34. The number of benzene rings is 1. The van der Waals surface area contributed by atoms with E-state index in [4.69, 9.17) is 10.5 Å². The third-order valence-corrected chi connectivity index (χ3v) is 4.69. The molecule has 0 fully saturated rings. The van der Waals surface area contributed by atoms with Gasteiger partial charge < -0.3 is 24.9 Å². The van der Waals surface area contributed by atoms with Crippen molar-refractivity contribution in [1.29, 1.82) is 0 Å². The summed E-state index contributed by atoms with van der Waals surface area (Å²) in [5.41, 5.74) is 6.94. The molecule has 3 aromatic rings. The van der Waals surface area contributed by atoms with Crippen LogP contribution in [0.4, 0.5) is 0 Å². The van der Waals surface area contributed by atoms with Crippen LogP contribution < -0.4 is 10.5 Å². The van der Waals surface area contributed by atoms with Gasteiger partial charge in [-0.15, -0.1) is 0 Å². The van der Waals surface area contributed by atoms with E-state index in [1.165, 1.54) is 0 Å². The minimum absolute atomic E-state index is 0.0656. The van der Waals surface area contributed by atoms with E-state index < -0.39 is 5.91 Å². The quantitative estimate of drug-likeness (QED) is 0.737. The molecule has 0 radical (unpaired) electrons. The van der Waals surface area contributed by atoms with Crippen molar-refractivity contribution >= 4 is 22.7 Å². The molecule has 0 aliphatic carbocycles. The molecule has 0 atom stereocenters. The number of carbonyl (C=O) groups excluding carboxylic acids is 2. The number of imidazole rings is 1. The maximum absolute atomic E-state index is 12.9. The average molecular weight is 353 g/mol. The van der Waals surface area contributed by atoms with Crippen LogP contribution in [-0.2, 0) is 13.0 Å². The SMILES string of the molecule is COc1cccc2[nH]c(C(=O)N3CCc4nc(C(N)=O)cn4CC3)cc12. The highest BCUT2D eigenvalue weighted by atomic mass is 16.5. The van der Waals surface area contributed by atoms with E-state index in [1.807, 2.05) is 28.8 Å². The molecule has 2 aromatic heterocycles. The van der Waals surface area contributed by atoms with Gasteiger partial charge in [0.05, 0.1) is 7.11 Å². The van der Waals surface area contributed by atoms with Crippen molar-refractivity contribution in [2.75, 3.05) is 20.2 Å². The molecule has 0 unspecified atom stereocenters. The highest BCUT2D eigenvalue weighted by molar-refractivity contribution is 5.99. The monoisotopic (exact) mass is 353 g/mol. The van der Waals surface area contributed by atoms with Crippen molar-refractivity contribution in [1.82, 2.24) is 19.4 Å². The van der Waals surface area contributed by atoms with Crippen LogP contribution in [0.1, 0.15) is 26.8 Å². The molecule has 2 amide bonds. The highest BCUT2D eigenvalue weighted by Crippen LogP contribution is 2.26. The Bertz CT molecular complexity index is 978. The first kappa shape index (κ1) is 16.2. The van der Waals surface area contributed by atoms with Crippen LogP contribution in [0.15, 0.2) is 30.5 Å². The highest BCUT2D eigenvalue weighted by Gasteiger charge is 2.23. The standard InChI is InChI=1S/C18H19N5O3/c1-26-15-4-2-3-12-11(15)9-13(20-12)18(25)22-6-5-16-21-14(17(19)24)10-23(16)8-7-22/h2-4,9-10,20H,5-8H2,1H3,(H2,19,24). The van der Waals surface area contributed by atoms with Crippen LogP contribution in [0, 0.1) is 0 Å². The molecule has 26 heavy (non-hydrogen) atoms. The maximum atomic E-state index is 12.9. The largest absolute Gasteiger partial charge is 0.496 e. The Balaban J connectivity index is 1.56. The molecular weight excluding hydrogens is 334 g/mol. The summed E-state index contributed by atoms with van der Waals surface area (Å²) in [6.45, 7) is 1.64. The van der Waals surface area contributed by atoms with Crippen LogP contribution in [0.5, 0.6) is 5.75 Å². The predicted molar refractivity (Wildman–Crippen MR) is 95.2 cm³/mol. The van der Waals surface area contributed by atoms with Gasteiger partial charge in [-0.05, 0) is 18.2 Å². The van der Waals surface area contributed by atoms with E-state index in [0.29, 0.717) is 31.7 Å². The van der Waals surface area contributed by atoms with E-state index in [-0.39, 0.29) is 11.6 Å². The molecule has 3 N–H and O–H groups in total. The van der Waals surface area contributed by atoms with Crippen molar-refractivity contribution in [3.63, 3.8) is 0 Å². The molecule has 4 rings (SSSR count). The number of H-pyrrole nitrogens is 1. The smallest absolute Gasteiger partial charge is 0.270 e. The molecule has 1 aliphatic heterocycles. The number of nitrogens with two attached hydrogens (primary N) is 1. The van der Waals surface area contributed by atoms with E-state index in [1.54, 1.807) is 18.2 Å². The molecule has 3 heterocycles. The van der Waals surface area contributed by atoms with Gasteiger partial charge in [-0.1, -0.05) is 6.07 Å². The Labute approximate surface area is 149 Å². The number of primary amides is 1. The molecule has 1 aromatic carbocycles. The number of amides is 2. The molecule has 1 aliphatic rings. The van der Waals surface area contributed by atoms with E-state index in [2.05, 4.69) is 9.97 Å². The Hall–Kier alpha value is -3.29. The summed E-state index contributed by atoms with van der Waals surface area (Å²) >= 11 is 0. The summed E-state index contributed by atoms with van der Waals surface area (Å²) in [4.78, 5) is 33.4. The van der Waals surface area contributed by atoms with Gasteiger partial charge in [-0.2, -0.15) is 0 Å². The third-order valence-electron chi connectivity index (χ3n) is 4.69. The average Bonchev–Trinajstić information content (AvgIpc) is 3.20. The lowest BCUT2D eigenvalue weighted by molar-refractivity contribution is 0.0753. The van der Waals surface area contributed by atoms with E-state index in [9.17, 15) is 9.59 Å². The number of methoxy groups -OCH3 is 1. The van der Waals surface area contributed by atoms with Gasteiger partial charge in [-0.25, -0.2) is 4.98 Å². The molecule has 0 saturated heterocycles. The van der Waals surface area contributed by atoms with Crippen molar-refractivity contribution in [3.8, 4) is 5.75 Å². The number of carbonyl (C=O) groups is 2. The Morgan fingerprint density at radius 3 is 2.88 bits per heavy atom. The minimum atomic E-state index is -0.537. The van der Waals surface area contributed by atoms with Gasteiger partial charge in [0.25, 0.3) is 11.8 Å². The normalized spacial score (nSPS) is 14.1. The molecule has 0 spiro atoms. The summed E-state index contributed by atoms with van der Waals surface area (Å²) < 4.78 is 7.24. The summed E-state index contributed by atoms with van der Waals surface area (Å²) in [5, 5.41) is 0.882.